The van der Waals surface area contributed by atoms with E-state index in [1.54, 1.807) is 19.6 Å². The molecule has 0 aliphatic heterocycles. The first-order valence-corrected chi connectivity index (χ1v) is 7.64. The number of hydrogen-bond acceptors (Lipinski definition) is 3. The van der Waals surface area contributed by atoms with Crippen LogP contribution in [-0.2, 0) is 16.8 Å². The first-order chi connectivity index (χ1) is 10.8. The normalized spacial score (nSPS) is 15.3. The Kier molecular flexibility index (Phi) is 4.13. The second kappa shape index (κ2) is 6.22. The van der Waals surface area contributed by atoms with E-state index in [4.69, 9.17) is 4.74 Å². The number of benzene rings is 1. The third-order valence-electron chi connectivity index (χ3n) is 4.25. The fourth-order valence-electron chi connectivity index (χ4n) is 2.84. The van der Waals surface area contributed by atoms with Crippen LogP contribution in [0.3, 0.4) is 0 Å². The summed E-state index contributed by atoms with van der Waals surface area (Å²) in [6.45, 7) is 1.54. The van der Waals surface area contributed by atoms with Crippen LogP contribution in [0, 0.1) is 0 Å². The zero-order valence-corrected chi connectivity index (χ0v) is 12.8. The number of ether oxygens (including phenoxy) is 1. The number of hydrogen-bond donors (Lipinski definition) is 1. The van der Waals surface area contributed by atoms with Crippen molar-refractivity contribution in [1.82, 2.24) is 14.9 Å². The lowest BCUT2D eigenvalue weighted by molar-refractivity contribution is -0.123. The molecule has 0 spiro atoms. The van der Waals surface area contributed by atoms with E-state index >= 15 is 0 Å². The third-order valence-corrected chi connectivity index (χ3v) is 4.25. The molecule has 116 valence electrons. The van der Waals surface area contributed by atoms with Crippen molar-refractivity contribution in [2.24, 2.45) is 0 Å². The van der Waals surface area contributed by atoms with Crippen molar-refractivity contribution in [3.8, 4) is 5.75 Å². The Morgan fingerprint density at radius 1 is 1.41 bits per heavy atom. The van der Waals surface area contributed by atoms with Crippen LogP contribution in [0.1, 0.15) is 24.8 Å². The number of carbonyl (C=O) groups is 1. The van der Waals surface area contributed by atoms with Crippen molar-refractivity contribution < 1.29 is 9.53 Å². The zero-order chi connectivity index (χ0) is 15.4. The van der Waals surface area contributed by atoms with Crippen molar-refractivity contribution in [2.75, 3.05) is 13.7 Å². The summed E-state index contributed by atoms with van der Waals surface area (Å²) in [6.07, 6.45) is 8.16. The zero-order valence-electron chi connectivity index (χ0n) is 12.8. The Hall–Kier alpha value is -2.30. The molecule has 1 aliphatic rings. The van der Waals surface area contributed by atoms with Crippen LogP contribution in [0.2, 0.25) is 0 Å². The lowest BCUT2D eigenvalue weighted by Gasteiger charge is -2.18. The maximum absolute atomic E-state index is 12.6. The first kappa shape index (κ1) is 14.6. The largest absolute Gasteiger partial charge is 0.496 e. The number of nitrogens with zero attached hydrogens (tertiary/aromatic N) is 2. The molecule has 1 heterocycles. The Bertz CT molecular complexity index is 633. The van der Waals surface area contributed by atoms with E-state index in [9.17, 15) is 4.79 Å². The fourth-order valence-corrected chi connectivity index (χ4v) is 2.84. The van der Waals surface area contributed by atoms with E-state index < -0.39 is 0 Å². The van der Waals surface area contributed by atoms with Gasteiger partial charge in [0.1, 0.15) is 5.75 Å². The maximum atomic E-state index is 12.6. The molecular weight excluding hydrogens is 278 g/mol. The molecule has 1 amide bonds. The summed E-state index contributed by atoms with van der Waals surface area (Å²) in [4.78, 5) is 16.6. The molecular formula is C17H21N3O2. The average molecular weight is 299 g/mol. The van der Waals surface area contributed by atoms with Gasteiger partial charge in [-0.2, -0.15) is 0 Å². The van der Waals surface area contributed by atoms with Gasteiger partial charge in [-0.15, -0.1) is 0 Å². The predicted octanol–water partition coefficient (Wildman–Crippen LogP) is 2.13. The highest BCUT2D eigenvalue weighted by Gasteiger charge is 2.52. The molecule has 1 N–H and O–H groups in total. The van der Waals surface area contributed by atoms with E-state index in [1.165, 1.54) is 0 Å². The lowest BCUT2D eigenvalue weighted by atomic mass is 9.94. The van der Waals surface area contributed by atoms with Gasteiger partial charge < -0.3 is 14.6 Å². The van der Waals surface area contributed by atoms with E-state index in [0.717, 1.165) is 37.1 Å². The van der Waals surface area contributed by atoms with Gasteiger partial charge in [-0.1, -0.05) is 18.2 Å². The number of amides is 1. The van der Waals surface area contributed by atoms with Gasteiger partial charge in [0, 0.05) is 31.0 Å². The molecule has 3 rings (SSSR count). The molecule has 0 unspecified atom stereocenters. The van der Waals surface area contributed by atoms with Crippen molar-refractivity contribution in [3.05, 3.63) is 48.5 Å². The standard InChI is InChI=1S/C17H21N3O2/c1-22-15-6-3-2-5-14(15)17(7-8-17)16(21)19-9-4-11-20-12-10-18-13-20/h2-3,5-6,10,12-13H,4,7-9,11H2,1H3,(H,19,21). The summed E-state index contributed by atoms with van der Waals surface area (Å²) < 4.78 is 7.42. The molecule has 5 heteroatoms. The summed E-state index contributed by atoms with van der Waals surface area (Å²) in [5.74, 6) is 0.913. The number of aromatic nitrogens is 2. The molecule has 1 aromatic heterocycles. The van der Waals surface area contributed by atoms with Crippen molar-refractivity contribution in [1.29, 1.82) is 0 Å². The molecule has 5 nitrogen and oxygen atoms in total. The summed E-state index contributed by atoms with van der Waals surface area (Å²) in [6, 6.07) is 7.81. The number of aryl methyl sites for hydroxylation is 1. The summed E-state index contributed by atoms with van der Waals surface area (Å²) in [7, 11) is 1.65. The molecule has 2 aromatic rings. The maximum Gasteiger partial charge on any atom is 0.230 e. The molecule has 1 saturated carbocycles. The van der Waals surface area contributed by atoms with Gasteiger partial charge in [0.25, 0.3) is 0 Å². The van der Waals surface area contributed by atoms with Crippen LogP contribution < -0.4 is 10.1 Å². The molecule has 1 fully saturated rings. The summed E-state index contributed by atoms with van der Waals surface area (Å²) >= 11 is 0. The minimum absolute atomic E-state index is 0.114. The van der Waals surface area contributed by atoms with E-state index in [2.05, 4.69) is 10.3 Å². The lowest BCUT2D eigenvalue weighted by Crippen LogP contribution is -2.35. The smallest absolute Gasteiger partial charge is 0.230 e. The number of imidazole rings is 1. The van der Waals surface area contributed by atoms with Crippen molar-refractivity contribution in [2.45, 2.75) is 31.2 Å². The van der Waals surface area contributed by atoms with Gasteiger partial charge in [0.05, 0.1) is 18.9 Å². The van der Waals surface area contributed by atoms with E-state index in [0.29, 0.717) is 6.54 Å². The highest BCUT2D eigenvalue weighted by molar-refractivity contribution is 5.92. The van der Waals surface area contributed by atoms with Crippen LogP contribution >= 0.6 is 0 Å². The topological polar surface area (TPSA) is 56.1 Å². The summed E-state index contributed by atoms with van der Waals surface area (Å²) in [5.41, 5.74) is 0.617. The highest BCUT2D eigenvalue weighted by atomic mass is 16.5. The fraction of sp³-hybridized carbons (Fsp3) is 0.412. The van der Waals surface area contributed by atoms with Crippen LogP contribution in [0.5, 0.6) is 5.75 Å². The van der Waals surface area contributed by atoms with Crippen molar-refractivity contribution >= 4 is 5.91 Å². The van der Waals surface area contributed by atoms with E-state index in [-0.39, 0.29) is 11.3 Å². The number of nitrogens with one attached hydrogen (secondary N) is 1. The van der Waals surface area contributed by atoms with Crippen LogP contribution in [0.25, 0.3) is 0 Å². The van der Waals surface area contributed by atoms with Gasteiger partial charge in [-0.25, -0.2) is 4.98 Å². The number of methoxy groups -OCH3 is 1. The molecule has 0 atom stereocenters. The van der Waals surface area contributed by atoms with E-state index in [1.807, 2.05) is 35.0 Å². The number of para-hydroxylation sites is 1. The second-order valence-electron chi connectivity index (χ2n) is 5.69. The van der Waals surface area contributed by atoms with Crippen LogP contribution in [-0.4, -0.2) is 29.1 Å². The highest BCUT2D eigenvalue weighted by Crippen LogP contribution is 2.51. The number of carbonyl (C=O) groups excluding carboxylic acids is 1. The second-order valence-corrected chi connectivity index (χ2v) is 5.69. The molecule has 1 aliphatic carbocycles. The monoisotopic (exact) mass is 299 g/mol. The Balaban J connectivity index is 1.57. The van der Waals surface area contributed by atoms with Crippen LogP contribution in [0.15, 0.2) is 43.0 Å². The van der Waals surface area contributed by atoms with Gasteiger partial charge >= 0.3 is 0 Å². The Labute approximate surface area is 130 Å². The molecule has 0 radical (unpaired) electrons. The molecule has 0 bridgehead atoms. The predicted molar refractivity (Wildman–Crippen MR) is 83.8 cm³/mol. The van der Waals surface area contributed by atoms with Gasteiger partial charge in [-0.05, 0) is 25.3 Å². The first-order valence-electron chi connectivity index (χ1n) is 7.64. The molecule has 22 heavy (non-hydrogen) atoms. The quantitative estimate of drug-likeness (QED) is 0.797. The van der Waals surface area contributed by atoms with Crippen LogP contribution in [0.4, 0.5) is 0 Å². The molecule has 0 saturated heterocycles. The minimum atomic E-state index is -0.387. The third kappa shape index (κ3) is 2.84. The summed E-state index contributed by atoms with van der Waals surface area (Å²) in [5, 5.41) is 3.07. The minimum Gasteiger partial charge on any atom is -0.496 e. The SMILES string of the molecule is COc1ccccc1C1(C(=O)NCCCn2ccnc2)CC1. The number of rotatable bonds is 7. The Morgan fingerprint density at radius 3 is 2.91 bits per heavy atom. The average Bonchev–Trinajstić information content (AvgIpc) is 3.21. The van der Waals surface area contributed by atoms with Gasteiger partial charge in [0.2, 0.25) is 5.91 Å². The van der Waals surface area contributed by atoms with Gasteiger partial charge in [-0.3, -0.25) is 4.79 Å². The van der Waals surface area contributed by atoms with Gasteiger partial charge in [0.15, 0.2) is 0 Å². The molecule has 1 aromatic carbocycles. The Morgan fingerprint density at radius 2 is 2.23 bits per heavy atom. The van der Waals surface area contributed by atoms with Crippen molar-refractivity contribution in [3.63, 3.8) is 0 Å².